The molecule has 1 fully saturated rings. The van der Waals surface area contributed by atoms with E-state index in [1.807, 2.05) is 32.0 Å². The SMILES string of the molecule is COc1ccc(/C=N\NC(=O)[C@@H]2CC(=O)N(c3ccc(C)c(C)c3)C2)c(OC)c1. The van der Waals surface area contributed by atoms with E-state index in [2.05, 4.69) is 10.5 Å². The van der Waals surface area contributed by atoms with Crippen molar-refractivity contribution in [1.29, 1.82) is 0 Å². The van der Waals surface area contributed by atoms with Crippen LogP contribution in [0.4, 0.5) is 5.69 Å². The minimum absolute atomic E-state index is 0.0609. The van der Waals surface area contributed by atoms with Crippen molar-refractivity contribution < 1.29 is 19.1 Å². The number of nitrogens with one attached hydrogen (secondary N) is 1. The number of methoxy groups -OCH3 is 2. The molecule has 1 aliphatic rings. The third kappa shape index (κ3) is 4.56. The molecule has 1 N–H and O–H groups in total. The molecular weight excluding hydrogens is 370 g/mol. The maximum Gasteiger partial charge on any atom is 0.245 e. The fourth-order valence-corrected chi connectivity index (χ4v) is 3.21. The Morgan fingerprint density at radius 1 is 1.14 bits per heavy atom. The van der Waals surface area contributed by atoms with Gasteiger partial charge in [-0.2, -0.15) is 5.10 Å². The molecule has 2 aromatic carbocycles. The monoisotopic (exact) mass is 395 g/mol. The highest BCUT2D eigenvalue weighted by atomic mass is 16.5. The van der Waals surface area contributed by atoms with Crippen molar-refractivity contribution in [2.45, 2.75) is 20.3 Å². The molecule has 2 amide bonds. The number of amides is 2. The lowest BCUT2D eigenvalue weighted by Crippen LogP contribution is -2.30. The molecule has 1 atom stereocenters. The standard InChI is InChI=1S/C22H25N3O4/c1-14-5-7-18(9-15(14)2)25-13-17(10-21(25)26)22(27)24-23-12-16-6-8-19(28-3)11-20(16)29-4/h5-9,11-12,17H,10,13H2,1-4H3,(H,24,27)/b23-12-/t17-/m1/s1. The summed E-state index contributed by atoms with van der Waals surface area (Å²) < 4.78 is 10.5. The molecule has 1 heterocycles. The first kappa shape index (κ1) is 20.4. The molecule has 7 nitrogen and oxygen atoms in total. The van der Waals surface area contributed by atoms with Gasteiger partial charge in [-0.1, -0.05) is 6.07 Å². The number of ether oxygens (including phenoxy) is 2. The van der Waals surface area contributed by atoms with Gasteiger partial charge in [-0.25, -0.2) is 5.43 Å². The number of anilines is 1. The highest BCUT2D eigenvalue weighted by Gasteiger charge is 2.35. The third-order valence-electron chi connectivity index (χ3n) is 5.12. The van der Waals surface area contributed by atoms with Gasteiger partial charge >= 0.3 is 0 Å². The van der Waals surface area contributed by atoms with E-state index in [0.717, 1.165) is 16.8 Å². The number of carbonyl (C=O) groups excluding carboxylic acids is 2. The molecule has 7 heteroatoms. The number of carbonyl (C=O) groups is 2. The van der Waals surface area contributed by atoms with Gasteiger partial charge in [0.25, 0.3) is 0 Å². The molecule has 0 aliphatic carbocycles. The van der Waals surface area contributed by atoms with Gasteiger partial charge in [0.1, 0.15) is 11.5 Å². The Bertz CT molecular complexity index is 955. The van der Waals surface area contributed by atoms with Gasteiger partial charge in [0.2, 0.25) is 11.8 Å². The van der Waals surface area contributed by atoms with Gasteiger partial charge in [-0.3, -0.25) is 9.59 Å². The van der Waals surface area contributed by atoms with Crippen LogP contribution in [0.1, 0.15) is 23.1 Å². The molecule has 152 valence electrons. The van der Waals surface area contributed by atoms with Gasteiger partial charge < -0.3 is 14.4 Å². The van der Waals surface area contributed by atoms with Crippen LogP contribution in [0.15, 0.2) is 41.5 Å². The molecule has 0 unspecified atom stereocenters. The van der Waals surface area contributed by atoms with E-state index >= 15 is 0 Å². The summed E-state index contributed by atoms with van der Waals surface area (Å²) in [6.45, 7) is 4.37. The zero-order chi connectivity index (χ0) is 21.0. The van der Waals surface area contributed by atoms with Crippen LogP contribution < -0.4 is 19.8 Å². The topological polar surface area (TPSA) is 80.2 Å². The van der Waals surface area contributed by atoms with Crippen molar-refractivity contribution >= 4 is 23.7 Å². The summed E-state index contributed by atoms with van der Waals surface area (Å²) in [7, 11) is 3.13. The summed E-state index contributed by atoms with van der Waals surface area (Å²) in [5, 5.41) is 4.02. The Morgan fingerprint density at radius 2 is 1.93 bits per heavy atom. The minimum atomic E-state index is -0.445. The van der Waals surface area contributed by atoms with Crippen LogP contribution in [0.3, 0.4) is 0 Å². The fraction of sp³-hybridized carbons (Fsp3) is 0.318. The zero-order valence-electron chi connectivity index (χ0n) is 17.1. The number of hydrogen-bond acceptors (Lipinski definition) is 5. The smallest absolute Gasteiger partial charge is 0.245 e. The van der Waals surface area contributed by atoms with Crippen LogP contribution in [0.5, 0.6) is 11.5 Å². The van der Waals surface area contributed by atoms with Gasteiger partial charge in [0.15, 0.2) is 0 Å². The Balaban J connectivity index is 1.64. The van der Waals surface area contributed by atoms with E-state index in [4.69, 9.17) is 9.47 Å². The number of hydrazone groups is 1. The van der Waals surface area contributed by atoms with Crippen molar-refractivity contribution in [3.05, 3.63) is 53.1 Å². The van der Waals surface area contributed by atoms with E-state index in [9.17, 15) is 9.59 Å². The summed E-state index contributed by atoms with van der Waals surface area (Å²) in [6.07, 6.45) is 1.67. The first-order chi connectivity index (χ1) is 13.9. The second-order valence-corrected chi connectivity index (χ2v) is 7.02. The molecule has 29 heavy (non-hydrogen) atoms. The van der Waals surface area contributed by atoms with Crippen LogP contribution in [0, 0.1) is 19.8 Å². The predicted molar refractivity (Wildman–Crippen MR) is 112 cm³/mol. The maximum atomic E-state index is 12.5. The van der Waals surface area contributed by atoms with E-state index in [-0.39, 0.29) is 18.2 Å². The Kier molecular flexibility index (Phi) is 6.16. The second kappa shape index (κ2) is 8.77. The fourth-order valence-electron chi connectivity index (χ4n) is 3.21. The minimum Gasteiger partial charge on any atom is -0.497 e. The Hall–Kier alpha value is -3.35. The number of nitrogens with zero attached hydrogens (tertiary/aromatic N) is 2. The predicted octanol–water partition coefficient (Wildman–Crippen LogP) is 2.82. The van der Waals surface area contributed by atoms with Crippen LogP contribution in [-0.2, 0) is 9.59 Å². The maximum absolute atomic E-state index is 12.5. The summed E-state index contributed by atoms with van der Waals surface area (Å²) in [5.74, 6) is 0.458. The highest BCUT2D eigenvalue weighted by molar-refractivity contribution is 6.00. The summed E-state index contributed by atoms with van der Waals surface area (Å²) in [5.41, 5.74) is 6.33. The van der Waals surface area contributed by atoms with Crippen molar-refractivity contribution in [3.8, 4) is 11.5 Å². The zero-order valence-corrected chi connectivity index (χ0v) is 17.1. The third-order valence-corrected chi connectivity index (χ3v) is 5.12. The van der Waals surface area contributed by atoms with E-state index in [1.54, 1.807) is 37.3 Å². The van der Waals surface area contributed by atoms with Crippen LogP contribution in [0.25, 0.3) is 0 Å². The van der Waals surface area contributed by atoms with Gasteiger partial charge in [0.05, 0.1) is 26.4 Å². The lowest BCUT2D eigenvalue weighted by atomic mass is 10.1. The first-order valence-corrected chi connectivity index (χ1v) is 9.35. The largest absolute Gasteiger partial charge is 0.497 e. The Morgan fingerprint density at radius 3 is 2.62 bits per heavy atom. The van der Waals surface area contributed by atoms with Crippen molar-refractivity contribution in [2.24, 2.45) is 11.0 Å². The number of rotatable bonds is 6. The van der Waals surface area contributed by atoms with Crippen molar-refractivity contribution in [3.63, 3.8) is 0 Å². The van der Waals surface area contributed by atoms with Gasteiger partial charge in [-0.15, -0.1) is 0 Å². The Labute approximate surface area is 170 Å². The molecular formula is C22H25N3O4. The average Bonchev–Trinajstić information content (AvgIpc) is 3.12. The quantitative estimate of drug-likeness (QED) is 0.602. The number of hydrogen-bond donors (Lipinski definition) is 1. The summed E-state index contributed by atoms with van der Waals surface area (Å²) in [6, 6.07) is 11.2. The molecule has 0 saturated carbocycles. The van der Waals surface area contributed by atoms with Crippen molar-refractivity contribution in [1.82, 2.24) is 5.43 Å². The average molecular weight is 395 g/mol. The highest BCUT2D eigenvalue weighted by Crippen LogP contribution is 2.27. The molecule has 0 radical (unpaired) electrons. The van der Waals surface area contributed by atoms with E-state index in [0.29, 0.717) is 23.6 Å². The van der Waals surface area contributed by atoms with Crippen LogP contribution in [0.2, 0.25) is 0 Å². The summed E-state index contributed by atoms with van der Waals surface area (Å²) in [4.78, 5) is 26.5. The van der Waals surface area contributed by atoms with E-state index in [1.165, 1.54) is 6.21 Å². The molecule has 1 aliphatic heterocycles. The van der Waals surface area contributed by atoms with E-state index < -0.39 is 5.92 Å². The summed E-state index contributed by atoms with van der Waals surface area (Å²) >= 11 is 0. The van der Waals surface area contributed by atoms with Crippen LogP contribution >= 0.6 is 0 Å². The molecule has 0 spiro atoms. The first-order valence-electron chi connectivity index (χ1n) is 9.35. The molecule has 3 rings (SSSR count). The molecule has 0 bridgehead atoms. The molecule has 0 aromatic heterocycles. The number of benzene rings is 2. The second-order valence-electron chi connectivity index (χ2n) is 7.02. The van der Waals surface area contributed by atoms with Gasteiger partial charge in [0, 0.05) is 30.3 Å². The lowest BCUT2D eigenvalue weighted by molar-refractivity contribution is -0.126. The molecule has 2 aromatic rings. The van der Waals surface area contributed by atoms with Gasteiger partial charge in [-0.05, 0) is 49.2 Å². The lowest BCUT2D eigenvalue weighted by Gasteiger charge is -2.17. The van der Waals surface area contributed by atoms with Crippen LogP contribution in [-0.4, -0.2) is 38.8 Å². The number of aryl methyl sites for hydroxylation is 2. The molecule has 1 saturated heterocycles. The normalized spacial score (nSPS) is 16.3. The van der Waals surface area contributed by atoms with Crippen molar-refractivity contribution in [2.75, 3.05) is 25.7 Å².